The van der Waals surface area contributed by atoms with Gasteiger partial charge in [0.25, 0.3) is 5.91 Å². The van der Waals surface area contributed by atoms with Crippen LogP contribution in [0.1, 0.15) is 31.0 Å². The van der Waals surface area contributed by atoms with Gasteiger partial charge in [0.05, 0.1) is 5.75 Å². The van der Waals surface area contributed by atoms with Gasteiger partial charge < -0.3 is 10.2 Å². The second-order valence-corrected chi connectivity index (χ2v) is 10.1. The van der Waals surface area contributed by atoms with E-state index in [-0.39, 0.29) is 17.7 Å². The van der Waals surface area contributed by atoms with E-state index in [1.165, 1.54) is 9.87 Å². The molecule has 2 aromatic rings. The number of nitrogens with two attached hydrogens (primary N) is 1. The van der Waals surface area contributed by atoms with Crippen LogP contribution in [0.3, 0.4) is 0 Å². The van der Waals surface area contributed by atoms with Crippen molar-refractivity contribution >= 4 is 15.9 Å². The lowest BCUT2D eigenvalue weighted by Crippen LogP contribution is -2.88. The average Bonchev–Trinajstić information content (AvgIpc) is 2.75. The first-order valence-corrected chi connectivity index (χ1v) is 12.2. The summed E-state index contributed by atoms with van der Waals surface area (Å²) in [6.45, 7) is 6.29. The smallest absolute Gasteiger partial charge is 0.277 e. The molecule has 0 unspecified atom stereocenters. The summed E-state index contributed by atoms with van der Waals surface area (Å²) in [5, 5.41) is 2.10. The predicted octanol–water partition coefficient (Wildman–Crippen LogP) is 1.62. The minimum atomic E-state index is -3.37. The molecule has 0 aromatic heterocycles. The number of amides is 1. The fourth-order valence-corrected chi connectivity index (χ4v) is 5.43. The maximum atomic E-state index is 12.7. The average molecular weight is 431 g/mol. The normalized spacial score (nSPS) is 16.6. The number of carbonyl (C=O) groups excluding carboxylic acids is 1. The largest absolute Gasteiger partial charge is 0.335 e. The summed E-state index contributed by atoms with van der Waals surface area (Å²) in [6, 6.07) is 19.7. The lowest BCUT2D eigenvalue weighted by molar-refractivity contribution is -0.692. The fraction of sp³-hybridized carbons (Fsp3) is 0.435. The number of quaternary nitrogens is 1. The SMILES string of the molecule is CC(C)[C@H]([NH2+]CC(=O)N1CCN(S(=O)(=O)Cc2ccccc2)CC1)c1ccccc1. The zero-order valence-corrected chi connectivity index (χ0v) is 18.6. The van der Waals surface area contributed by atoms with Crippen LogP contribution < -0.4 is 5.32 Å². The zero-order valence-electron chi connectivity index (χ0n) is 17.8. The van der Waals surface area contributed by atoms with Crippen LogP contribution >= 0.6 is 0 Å². The van der Waals surface area contributed by atoms with Crippen molar-refractivity contribution in [1.82, 2.24) is 9.21 Å². The van der Waals surface area contributed by atoms with Gasteiger partial charge in [0.15, 0.2) is 6.54 Å². The molecule has 3 rings (SSSR count). The first kappa shape index (κ1) is 22.5. The van der Waals surface area contributed by atoms with E-state index in [1.54, 1.807) is 4.90 Å². The van der Waals surface area contributed by atoms with Crippen LogP contribution in [0.2, 0.25) is 0 Å². The molecule has 1 amide bonds. The van der Waals surface area contributed by atoms with Crippen molar-refractivity contribution in [2.45, 2.75) is 25.6 Å². The van der Waals surface area contributed by atoms with E-state index in [4.69, 9.17) is 0 Å². The summed E-state index contributed by atoms with van der Waals surface area (Å²) in [7, 11) is -3.37. The van der Waals surface area contributed by atoms with E-state index in [2.05, 4.69) is 31.3 Å². The first-order valence-electron chi connectivity index (χ1n) is 10.5. The molecule has 1 fully saturated rings. The van der Waals surface area contributed by atoms with Crippen LogP contribution in [0.15, 0.2) is 60.7 Å². The van der Waals surface area contributed by atoms with Crippen molar-refractivity contribution in [3.63, 3.8) is 0 Å². The molecule has 6 nitrogen and oxygen atoms in total. The summed E-state index contributed by atoms with van der Waals surface area (Å²) < 4.78 is 26.9. The molecule has 162 valence electrons. The van der Waals surface area contributed by atoms with Crippen molar-refractivity contribution in [2.75, 3.05) is 32.7 Å². The third kappa shape index (κ3) is 5.90. The molecule has 0 spiro atoms. The molecule has 1 aliphatic heterocycles. The van der Waals surface area contributed by atoms with Crippen LogP contribution in [0.4, 0.5) is 0 Å². The van der Waals surface area contributed by atoms with Crippen LogP contribution in [-0.4, -0.2) is 56.3 Å². The minimum absolute atomic E-state index is 0.00269. The van der Waals surface area contributed by atoms with Gasteiger partial charge in [-0.05, 0) is 5.56 Å². The molecule has 0 radical (unpaired) electrons. The number of hydrogen-bond acceptors (Lipinski definition) is 3. The Morgan fingerprint density at radius 1 is 0.933 bits per heavy atom. The van der Waals surface area contributed by atoms with Gasteiger partial charge in [0.1, 0.15) is 6.04 Å². The summed E-state index contributed by atoms with van der Waals surface area (Å²) in [5.41, 5.74) is 2.00. The topological polar surface area (TPSA) is 74.3 Å². The fourth-order valence-electron chi connectivity index (χ4n) is 3.92. The van der Waals surface area contributed by atoms with Crippen LogP contribution in [0, 0.1) is 5.92 Å². The van der Waals surface area contributed by atoms with Crippen molar-refractivity contribution in [1.29, 1.82) is 0 Å². The summed E-state index contributed by atoms with van der Waals surface area (Å²) >= 11 is 0. The second-order valence-electron chi connectivity index (χ2n) is 8.14. The molecule has 1 saturated heterocycles. The van der Waals surface area contributed by atoms with Gasteiger partial charge in [0.2, 0.25) is 10.0 Å². The van der Waals surface area contributed by atoms with Gasteiger partial charge in [-0.3, -0.25) is 4.79 Å². The highest BCUT2D eigenvalue weighted by Gasteiger charge is 2.30. The minimum Gasteiger partial charge on any atom is -0.335 e. The maximum Gasteiger partial charge on any atom is 0.277 e. The van der Waals surface area contributed by atoms with Crippen molar-refractivity contribution in [3.8, 4) is 0 Å². The Morgan fingerprint density at radius 2 is 1.50 bits per heavy atom. The van der Waals surface area contributed by atoms with Crippen molar-refractivity contribution in [2.24, 2.45) is 5.92 Å². The molecule has 2 aromatic carbocycles. The highest BCUT2D eigenvalue weighted by Crippen LogP contribution is 2.17. The van der Waals surface area contributed by atoms with E-state index in [0.717, 1.165) is 5.56 Å². The molecule has 1 heterocycles. The number of carbonyl (C=O) groups is 1. The molecular weight excluding hydrogens is 398 g/mol. The molecule has 30 heavy (non-hydrogen) atoms. The molecule has 0 saturated carbocycles. The van der Waals surface area contributed by atoms with Gasteiger partial charge in [-0.25, -0.2) is 8.42 Å². The van der Waals surface area contributed by atoms with Gasteiger partial charge >= 0.3 is 0 Å². The molecule has 0 aliphatic carbocycles. The van der Waals surface area contributed by atoms with Crippen molar-refractivity contribution in [3.05, 3.63) is 71.8 Å². The van der Waals surface area contributed by atoms with E-state index in [9.17, 15) is 13.2 Å². The zero-order chi connectivity index (χ0) is 21.6. The molecule has 1 atom stereocenters. The standard InChI is InChI=1S/C23H31N3O3S/c1-19(2)23(21-11-7-4-8-12-21)24-17-22(27)25-13-15-26(16-14-25)30(28,29)18-20-9-5-3-6-10-20/h3-12,19,23-24H,13-18H2,1-2H3/p+1/t23-/m0/s1. The number of nitrogens with zero attached hydrogens (tertiary/aromatic N) is 2. The number of piperazine rings is 1. The number of rotatable bonds is 8. The Hall–Kier alpha value is -2.22. The van der Waals surface area contributed by atoms with Crippen LogP contribution in [0.5, 0.6) is 0 Å². The van der Waals surface area contributed by atoms with E-state index >= 15 is 0 Å². The Kier molecular flexibility index (Phi) is 7.64. The lowest BCUT2D eigenvalue weighted by atomic mass is 9.96. The Bertz CT molecular complexity index is 909. The van der Waals surface area contributed by atoms with Crippen LogP contribution in [-0.2, 0) is 20.6 Å². The summed E-state index contributed by atoms with van der Waals surface area (Å²) in [5.74, 6) is 0.472. The Balaban J connectivity index is 1.51. The predicted molar refractivity (Wildman–Crippen MR) is 118 cm³/mol. The summed E-state index contributed by atoms with van der Waals surface area (Å²) in [6.07, 6.45) is 0. The Morgan fingerprint density at radius 3 is 2.07 bits per heavy atom. The Labute approximate surface area is 179 Å². The first-order chi connectivity index (χ1) is 14.4. The molecule has 0 bridgehead atoms. The molecular formula is C23H32N3O3S+. The van der Waals surface area contributed by atoms with E-state index in [1.807, 2.05) is 48.5 Å². The number of sulfonamides is 1. The second kappa shape index (κ2) is 10.2. The third-order valence-electron chi connectivity index (χ3n) is 5.63. The highest BCUT2D eigenvalue weighted by molar-refractivity contribution is 7.88. The van der Waals surface area contributed by atoms with Gasteiger partial charge in [-0.15, -0.1) is 0 Å². The lowest BCUT2D eigenvalue weighted by Gasteiger charge is -2.34. The third-order valence-corrected chi connectivity index (χ3v) is 7.48. The van der Waals surface area contributed by atoms with E-state index < -0.39 is 10.0 Å². The number of benzene rings is 2. The summed E-state index contributed by atoms with van der Waals surface area (Å²) in [4.78, 5) is 14.5. The van der Waals surface area contributed by atoms with E-state index in [0.29, 0.717) is 38.6 Å². The van der Waals surface area contributed by atoms with Crippen molar-refractivity contribution < 1.29 is 18.5 Å². The monoisotopic (exact) mass is 430 g/mol. The molecule has 2 N–H and O–H groups in total. The maximum absolute atomic E-state index is 12.7. The van der Waals surface area contributed by atoms with Gasteiger partial charge in [-0.2, -0.15) is 4.31 Å². The van der Waals surface area contributed by atoms with Gasteiger partial charge in [-0.1, -0.05) is 74.5 Å². The van der Waals surface area contributed by atoms with Gasteiger partial charge in [0, 0.05) is 37.7 Å². The van der Waals surface area contributed by atoms with Crippen LogP contribution in [0.25, 0.3) is 0 Å². The quantitative estimate of drug-likeness (QED) is 0.692. The molecule has 1 aliphatic rings. The molecule has 7 heteroatoms. The number of hydrogen-bond donors (Lipinski definition) is 1. The highest BCUT2D eigenvalue weighted by atomic mass is 32.2.